The number of hydrogen-bond donors (Lipinski definition) is 11. The summed E-state index contributed by atoms with van der Waals surface area (Å²) >= 11 is 0. The van der Waals surface area contributed by atoms with Gasteiger partial charge in [0.05, 0.1) is 31.1 Å². The first-order chi connectivity index (χ1) is 35.3. The maximum atomic E-state index is 14.5. The van der Waals surface area contributed by atoms with Crippen LogP contribution >= 0.6 is 0 Å². The number of carboxylic acid groups (broad SMARTS) is 1. The zero-order valence-corrected chi connectivity index (χ0v) is 44.1. The molecule has 7 amide bonds. The van der Waals surface area contributed by atoms with Crippen LogP contribution in [0.5, 0.6) is 0 Å². The van der Waals surface area contributed by atoms with E-state index in [1.807, 2.05) is 50.3 Å². The number of ether oxygens (including phenoxy) is 2. The maximum absolute atomic E-state index is 14.5. The lowest BCUT2D eigenvalue weighted by molar-refractivity contribution is -0.147. The van der Waals surface area contributed by atoms with E-state index < -0.39 is 113 Å². The average molecular weight is 1050 g/mol. The molecule has 75 heavy (non-hydrogen) atoms. The van der Waals surface area contributed by atoms with Crippen LogP contribution in [0.2, 0.25) is 0 Å². The standard InChI is InChI=1S/C50H77N13O12/c1-27(25-28(2)38(74-8)26-33-15-11-10-12-16-33)19-20-34-29(3)41(65)61-37(48(73)75-9)21-22-39(64)63(7)32(6)44(68)57-31(5)43(67)60-36(18-14-24-56-50(53)54)46(70)62-40(47(71)72)30(4)42(66)59-35(45(69)58-34)17-13-23-55-49(51)52/h10-12,15-16,19-20,25,28-31,34-38,40H,6,13-14,17-18,21-24,26H2,1-5,7-9H3,(H,57,68)(H,58,69)(H,59,66)(H,60,67)(H,61,65)(H,62,70)(H,71,72)(H4,51,52,55)(H4,53,54,56)/b20-19+,27-25+/t28-,29-,30-,31+,34-,35-,36-,37+,38-,40+/m0/s1. The number of nitrogens with zero attached hydrogens (tertiary/aromatic N) is 3. The van der Waals surface area contributed by atoms with Gasteiger partial charge in [0.15, 0.2) is 11.9 Å². The van der Waals surface area contributed by atoms with Crippen molar-refractivity contribution >= 4 is 65.2 Å². The number of aliphatic carboxylic acids is 1. The number of carbonyl (C=O) groups is 9. The number of rotatable bonds is 17. The van der Waals surface area contributed by atoms with Gasteiger partial charge in [0.2, 0.25) is 35.4 Å². The van der Waals surface area contributed by atoms with E-state index >= 15 is 0 Å². The van der Waals surface area contributed by atoms with Crippen LogP contribution in [-0.4, -0.2) is 152 Å². The summed E-state index contributed by atoms with van der Waals surface area (Å²) in [6, 6.07) is 1.01. The first-order valence-corrected chi connectivity index (χ1v) is 24.4. The van der Waals surface area contributed by atoms with Crippen molar-refractivity contribution in [2.24, 2.45) is 50.7 Å². The molecular formula is C50H77N13O12. The summed E-state index contributed by atoms with van der Waals surface area (Å²) < 4.78 is 10.8. The predicted octanol–water partition coefficient (Wildman–Crippen LogP) is -1.29. The van der Waals surface area contributed by atoms with Crippen molar-refractivity contribution in [1.82, 2.24) is 36.8 Å². The van der Waals surface area contributed by atoms with Crippen molar-refractivity contribution in [2.45, 2.75) is 122 Å². The average Bonchev–Trinajstić information content (AvgIpc) is 3.36. The Morgan fingerprint density at radius 2 is 1.35 bits per heavy atom. The second-order valence-corrected chi connectivity index (χ2v) is 18.3. The molecule has 15 N–H and O–H groups in total. The number of nitrogens with one attached hydrogen (secondary N) is 6. The minimum Gasteiger partial charge on any atom is -0.480 e. The third kappa shape index (κ3) is 21.7. The van der Waals surface area contributed by atoms with Gasteiger partial charge in [-0.1, -0.05) is 81.5 Å². The largest absolute Gasteiger partial charge is 0.480 e. The summed E-state index contributed by atoms with van der Waals surface area (Å²) in [6.07, 6.45) is 4.79. The highest BCUT2D eigenvalue weighted by atomic mass is 16.5. The Bertz CT molecular complexity index is 2300. The summed E-state index contributed by atoms with van der Waals surface area (Å²) in [7, 11) is 3.93. The molecular weight excluding hydrogens is 975 g/mol. The predicted molar refractivity (Wildman–Crippen MR) is 279 cm³/mol. The lowest BCUT2D eigenvalue weighted by Gasteiger charge is -2.28. The van der Waals surface area contributed by atoms with E-state index in [1.54, 1.807) is 19.3 Å². The van der Waals surface area contributed by atoms with Crippen molar-refractivity contribution in [3.8, 4) is 0 Å². The Morgan fingerprint density at radius 3 is 1.88 bits per heavy atom. The molecule has 0 aliphatic carbocycles. The molecule has 2 rings (SSSR count). The van der Waals surface area contributed by atoms with Crippen LogP contribution in [0, 0.1) is 17.8 Å². The molecule has 0 radical (unpaired) electrons. The molecule has 1 aliphatic heterocycles. The topological polar surface area (TPSA) is 397 Å². The first kappa shape index (κ1) is 63.3. The van der Waals surface area contributed by atoms with Crippen molar-refractivity contribution < 1.29 is 57.7 Å². The number of carboxylic acids is 1. The lowest BCUT2D eigenvalue weighted by Crippen LogP contribution is -2.59. The van der Waals surface area contributed by atoms with Gasteiger partial charge in [0.25, 0.3) is 5.91 Å². The molecule has 25 nitrogen and oxygen atoms in total. The fourth-order valence-corrected chi connectivity index (χ4v) is 7.66. The van der Waals surface area contributed by atoms with E-state index in [1.165, 1.54) is 27.8 Å². The fraction of sp³-hybridized carbons (Fsp3) is 0.540. The molecule has 414 valence electrons. The molecule has 0 aromatic heterocycles. The van der Waals surface area contributed by atoms with Gasteiger partial charge >= 0.3 is 11.9 Å². The molecule has 0 spiro atoms. The summed E-state index contributed by atoms with van der Waals surface area (Å²) in [5.74, 6) is -12.1. The number of amides is 7. The Hall–Kier alpha value is -7.83. The zero-order chi connectivity index (χ0) is 56.5. The van der Waals surface area contributed by atoms with Crippen molar-refractivity contribution in [2.75, 3.05) is 34.4 Å². The van der Waals surface area contributed by atoms with Crippen LogP contribution in [0.15, 0.2) is 76.4 Å². The molecule has 0 bridgehead atoms. The lowest BCUT2D eigenvalue weighted by atomic mass is 9.94. The first-order valence-electron chi connectivity index (χ1n) is 24.4. The molecule has 1 aliphatic rings. The molecule has 10 atom stereocenters. The third-order valence-electron chi connectivity index (χ3n) is 12.4. The van der Waals surface area contributed by atoms with Gasteiger partial charge in [-0.2, -0.15) is 0 Å². The number of esters is 1. The second kappa shape index (κ2) is 31.7. The number of allylic oxidation sites excluding steroid dienone is 2. The maximum Gasteiger partial charge on any atom is 0.328 e. The summed E-state index contributed by atoms with van der Waals surface area (Å²) in [5.41, 5.74) is 23.3. The summed E-state index contributed by atoms with van der Waals surface area (Å²) in [6.45, 7) is 11.4. The quantitative estimate of drug-likeness (QED) is 0.0216. The van der Waals surface area contributed by atoms with Gasteiger partial charge < -0.3 is 74.3 Å². The highest BCUT2D eigenvalue weighted by Gasteiger charge is 2.37. The number of nitrogens with two attached hydrogens (primary N) is 4. The van der Waals surface area contributed by atoms with Crippen molar-refractivity contribution in [3.05, 3.63) is 72.0 Å². The Labute approximate surface area is 437 Å². The number of guanidine groups is 2. The minimum absolute atomic E-state index is 0.00179. The molecule has 1 saturated heterocycles. The number of likely N-dealkylation sites (N-methyl/N-ethyl adjacent to an activating group) is 1. The summed E-state index contributed by atoms with van der Waals surface area (Å²) in [4.78, 5) is 131. The van der Waals surface area contributed by atoms with Crippen LogP contribution < -0.4 is 54.8 Å². The molecule has 1 heterocycles. The van der Waals surface area contributed by atoms with Crippen LogP contribution in [0.25, 0.3) is 0 Å². The van der Waals surface area contributed by atoms with Crippen LogP contribution in [0.1, 0.15) is 78.7 Å². The minimum atomic E-state index is -1.94. The van der Waals surface area contributed by atoms with E-state index in [0.29, 0.717) is 12.0 Å². The van der Waals surface area contributed by atoms with Crippen molar-refractivity contribution in [3.63, 3.8) is 0 Å². The number of methoxy groups -OCH3 is 2. The van der Waals surface area contributed by atoms with Gasteiger partial charge in [0.1, 0.15) is 35.9 Å². The van der Waals surface area contributed by atoms with Gasteiger partial charge in [-0.25, -0.2) is 9.59 Å². The number of aliphatic imine (C=N–C) groups is 2. The number of benzene rings is 1. The van der Waals surface area contributed by atoms with E-state index in [0.717, 1.165) is 17.6 Å². The Morgan fingerprint density at radius 1 is 0.800 bits per heavy atom. The van der Waals surface area contributed by atoms with Crippen LogP contribution in [0.3, 0.4) is 0 Å². The Kier molecular flexibility index (Phi) is 26.7. The molecule has 1 fully saturated rings. The number of carbonyl (C=O) groups excluding carboxylic acids is 8. The molecule has 1 aromatic carbocycles. The zero-order valence-electron chi connectivity index (χ0n) is 44.1. The van der Waals surface area contributed by atoms with Gasteiger partial charge in [0, 0.05) is 39.6 Å². The molecule has 25 heteroatoms. The number of hydrogen-bond acceptors (Lipinski definition) is 13. The van der Waals surface area contributed by atoms with E-state index in [9.17, 15) is 48.3 Å². The molecule has 1 aromatic rings. The van der Waals surface area contributed by atoms with Gasteiger partial charge in [-0.15, -0.1) is 0 Å². The monoisotopic (exact) mass is 1050 g/mol. The summed E-state index contributed by atoms with van der Waals surface area (Å²) in [5, 5.41) is 25.6. The Balaban J connectivity index is 2.77. The smallest absolute Gasteiger partial charge is 0.328 e. The normalized spacial score (nSPS) is 24.4. The van der Waals surface area contributed by atoms with E-state index in [-0.39, 0.29) is 69.1 Å². The fourth-order valence-electron chi connectivity index (χ4n) is 7.66. The van der Waals surface area contributed by atoms with E-state index in [4.69, 9.17) is 32.4 Å². The second-order valence-electron chi connectivity index (χ2n) is 18.3. The highest BCUT2D eigenvalue weighted by Crippen LogP contribution is 2.19. The SMILES string of the molecule is C=C1C(=O)N[C@H](C)C(=O)N[C@@H](CCCN=C(N)N)C(=O)N[C@@H](C(=O)O)[C@H](C)C(=O)N[C@@H](CCCN=C(N)N)C(=O)N[C@@H](/C=C/C(C)=C/[C@H](C)[C@H](Cc2ccccc2)OC)[C@H](C)C(=O)N[C@@H](C(=O)OC)CCC(=O)N1C. The highest BCUT2D eigenvalue weighted by molar-refractivity contribution is 6.00. The molecule has 0 saturated carbocycles. The third-order valence-corrected chi connectivity index (χ3v) is 12.4. The van der Waals surface area contributed by atoms with Crippen LogP contribution in [-0.2, 0) is 59.0 Å². The van der Waals surface area contributed by atoms with Crippen molar-refractivity contribution in [1.29, 1.82) is 0 Å². The molecule has 0 unspecified atom stereocenters. The van der Waals surface area contributed by atoms with Crippen LogP contribution in [0.4, 0.5) is 0 Å². The van der Waals surface area contributed by atoms with E-state index in [2.05, 4.69) is 48.5 Å². The van der Waals surface area contributed by atoms with Gasteiger partial charge in [-0.05, 0) is 57.9 Å². The van der Waals surface area contributed by atoms with Gasteiger partial charge in [-0.3, -0.25) is 43.5 Å².